The molecule has 2 heterocycles. The van der Waals surface area contributed by atoms with Gasteiger partial charge in [-0.15, -0.1) is 0 Å². The summed E-state index contributed by atoms with van der Waals surface area (Å²) < 4.78 is 5.99. The molecule has 3 N–H and O–H groups in total. The van der Waals surface area contributed by atoms with Gasteiger partial charge in [0.15, 0.2) is 0 Å². The third kappa shape index (κ3) is 3.28. The number of nitrogens with zero attached hydrogens (tertiary/aromatic N) is 1. The number of rotatable bonds is 4. The fourth-order valence-electron chi connectivity index (χ4n) is 3.33. The molecule has 1 unspecified atom stereocenters. The van der Waals surface area contributed by atoms with Crippen LogP contribution in [0, 0.1) is 0 Å². The summed E-state index contributed by atoms with van der Waals surface area (Å²) in [6.45, 7) is 7.83. The standard InChI is InChI=1S/C17H25N3O/c1-17(2)12-20(11-14(9-18)21-17)8-7-13-10-19-16-6-4-3-5-15(13)16/h3-6,10,14,19H,7-9,11-12,18H2,1-2H3. The Bertz CT molecular complexity index is 605. The minimum atomic E-state index is -0.109. The molecule has 1 aromatic carbocycles. The Morgan fingerprint density at radius 2 is 2.19 bits per heavy atom. The zero-order valence-electron chi connectivity index (χ0n) is 12.9. The third-order valence-electron chi connectivity index (χ3n) is 4.19. The summed E-state index contributed by atoms with van der Waals surface area (Å²) in [6, 6.07) is 8.48. The van der Waals surface area contributed by atoms with Crippen molar-refractivity contribution in [2.24, 2.45) is 5.73 Å². The molecule has 1 fully saturated rings. The molecule has 4 heteroatoms. The summed E-state index contributed by atoms with van der Waals surface area (Å²) in [5.74, 6) is 0. The Labute approximate surface area is 126 Å². The monoisotopic (exact) mass is 287 g/mol. The van der Waals surface area contributed by atoms with Crippen LogP contribution in [0.15, 0.2) is 30.5 Å². The highest BCUT2D eigenvalue weighted by Crippen LogP contribution is 2.22. The van der Waals surface area contributed by atoms with Crippen LogP contribution in [0.4, 0.5) is 0 Å². The molecule has 4 nitrogen and oxygen atoms in total. The first-order valence-corrected chi connectivity index (χ1v) is 7.73. The predicted molar refractivity (Wildman–Crippen MR) is 86.4 cm³/mol. The number of aromatic amines is 1. The maximum atomic E-state index is 5.99. The molecule has 1 saturated heterocycles. The van der Waals surface area contributed by atoms with Crippen LogP contribution in [0.3, 0.4) is 0 Å². The minimum absolute atomic E-state index is 0.109. The van der Waals surface area contributed by atoms with Crippen LogP contribution in [0.1, 0.15) is 19.4 Å². The Hall–Kier alpha value is -1.36. The lowest BCUT2D eigenvalue weighted by Gasteiger charge is -2.42. The number of morpholine rings is 1. The van der Waals surface area contributed by atoms with Gasteiger partial charge in [0, 0.05) is 43.3 Å². The highest BCUT2D eigenvalue weighted by Gasteiger charge is 2.32. The fraction of sp³-hybridized carbons (Fsp3) is 0.529. The summed E-state index contributed by atoms with van der Waals surface area (Å²) in [7, 11) is 0. The van der Waals surface area contributed by atoms with Crippen LogP contribution in [-0.2, 0) is 11.2 Å². The molecule has 0 bridgehead atoms. The highest BCUT2D eigenvalue weighted by atomic mass is 16.5. The molecule has 1 aliphatic rings. The van der Waals surface area contributed by atoms with Gasteiger partial charge in [-0.1, -0.05) is 18.2 Å². The number of ether oxygens (including phenoxy) is 1. The molecule has 1 aliphatic heterocycles. The molecule has 3 rings (SSSR count). The first-order valence-electron chi connectivity index (χ1n) is 7.73. The summed E-state index contributed by atoms with van der Waals surface area (Å²) >= 11 is 0. The van der Waals surface area contributed by atoms with Crippen molar-refractivity contribution in [2.75, 3.05) is 26.2 Å². The van der Waals surface area contributed by atoms with E-state index in [1.807, 2.05) is 0 Å². The van der Waals surface area contributed by atoms with Gasteiger partial charge in [0.1, 0.15) is 0 Å². The van der Waals surface area contributed by atoms with E-state index >= 15 is 0 Å². The van der Waals surface area contributed by atoms with Crippen molar-refractivity contribution in [3.8, 4) is 0 Å². The van der Waals surface area contributed by atoms with Crippen molar-refractivity contribution in [2.45, 2.75) is 32.0 Å². The molecule has 0 aliphatic carbocycles. The van der Waals surface area contributed by atoms with E-state index in [9.17, 15) is 0 Å². The highest BCUT2D eigenvalue weighted by molar-refractivity contribution is 5.83. The van der Waals surface area contributed by atoms with E-state index in [0.717, 1.165) is 26.1 Å². The first kappa shape index (κ1) is 14.6. The predicted octanol–water partition coefficient (Wildman–Crippen LogP) is 2.15. The number of benzene rings is 1. The molecule has 114 valence electrons. The van der Waals surface area contributed by atoms with E-state index in [4.69, 9.17) is 10.5 Å². The van der Waals surface area contributed by atoms with Crippen LogP contribution in [-0.4, -0.2) is 47.8 Å². The summed E-state index contributed by atoms with van der Waals surface area (Å²) in [5.41, 5.74) is 8.29. The van der Waals surface area contributed by atoms with E-state index in [-0.39, 0.29) is 11.7 Å². The normalized spacial score (nSPS) is 22.7. The van der Waals surface area contributed by atoms with Gasteiger partial charge in [-0.25, -0.2) is 0 Å². The van der Waals surface area contributed by atoms with Gasteiger partial charge >= 0.3 is 0 Å². The van der Waals surface area contributed by atoms with Crippen LogP contribution in [0.5, 0.6) is 0 Å². The largest absolute Gasteiger partial charge is 0.368 e. The number of fused-ring (bicyclic) bond motifs is 1. The smallest absolute Gasteiger partial charge is 0.0831 e. The topological polar surface area (TPSA) is 54.3 Å². The molecular formula is C17H25N3O. The number of H-pyrrole nitrogens is 1. The summed E-state index contributed by atoms with van der Waals surface area (Å²) in [6.07, 6.45) is 3.34. The van der Waals surface area contributed by atoms with Gasteiger partial charge in [0.25, 0.3) is 0 Å². The van der Waals surface area contributed by atoms with Crippen LogP contribution < -0.4 is 5.73 Å². The number of aromatic nitrogens is 1. The number of nitrogens with two attached hydrogens (primary N) is 1. The minimum Gasteiger partial charge on any atom is -0.368 e. The number of nitrogens with one attached hydrogen (secondary N) is 1. The van der Waals surface area contributed by atoms with Crippen molar-refractivity contribution in [1.82, 2.24) is 9.88 Å². The lowest BCUT2D eigenvalue weighted by atomic mass is 10.0. The first-order chi connectivity index (χ1) is 10.1. The van der Waals surface area contributed by atoms with Gasteiger partial charge in [-0.05, 0) is 31.9 Å². The lowest BCUT2D eigenvalue weighted by Crippen LogP contribution is -2.55. The fourth-order valence-corrected chi connectivity index (χ4v) is 3.33. The molecule has 1 aromatic heterocycles. The Morgan fingerprint density at radius 1 is 1.38 bits per heavy atom. The van der Waals surface area contributed by atoms with E-state index in [0.29, 0.717) is 6.54 Å². The average molecular weight is 287 g/mol. The maximum absolute atomic E-state index is 5.99. The molecule has 0 radical (unpaired) electrons. The molecule has 0 amide bonds. The van der Waals surface area contributed by atoms with Crippen LogP contribution in [0.2, 0.25) is 0 Å². The molecule has 0 saturated carbocycles. The van der Waals surface area contributed by atoms with Crippen LogP contribution in [0.25, 0.3) is 10.9 Å². The second-order valence-corrected chi connectivity index (χ2v) is 6.58. The second-order valence-electron chi connectivity index (χ2n) is 6.58. The Kier molecular flexibility index (Phi) is 4.02. The van der Waals surface area contributed by atoms with E-state index in [1.165, 1.54) is 16.5 Å². The van der Waals surface area contributed by atoms with Gasteiger partial charge in [-0.2, -0.15) is 0 Å². The zero-order valence-corrected chi connectivity index (χ0v) is 12.9. The summed E-state index contributed by atoms with van der Waals surface area (Å²) in [5, 5.41) is 1.33. The number of para-hydroxylation sites is 1. The SMILES string of the molecule is CC1(C)CN(CCc2c[nH]c3ccccc23)CC(CN)O1. The molecule has 1 atom stereocenters. The average Bonchev–Trinajstić information content (AvgIpc) is 2.87. The van der Waals surface area contributed by atoms with Gasteiger partial charge in [0.2, 0.25) is 0 Å². The Morgan fingerprint density at radius 3 is 3.00 bits per heavy atom. The third-order valence-corrected chi connectivity index (χ3v) is 4.19. The van der Waals surface area contributed by atoms with Crippen molar-refractivity contribution >= 4 is 10.9 Å². The van der Waals surface area contributed by atoms with E-state index in [2.05, 4.69) is 54.2 Å². The van der Waals surface area contributed by atoms with Gasteiger partial charge in [0.05, 0.1) is 11.7 Å². The molecular weight excluding hydrogens is 262 g/mol. The van der Waals surface area contributed by atoms with E-state index in [1.54, 1.807) is 0 Å². The van der Waals surface area contributed by atoms with Crippen molar-refractivity contribution < 1.29 is 4.74 Å². The zero-order chi connectivity index (χ0) is 14.9. The molecule has 21 heavy (non-hydrogen) atoms. The van der Waals surface area contributed by atoms with E-state index < -0.39 is 0 Å². The lowest BCUT2D eigenvalue weighted by molar-refractivity contribution is -0.131. The quantitative estimate of drug-likeness (QED) is 0.906. The molecule has 2 aromatic rings. The van der Waals surface area contributed by atoms with Crippen molar-refractivity contribution in [1.29, 1.82) is 0 Å². The van der Waals surface area contributed by atoms with Crippen LogP contribution >= 0.6 is 0 Å². The number of hydrogen-bond acceptors (Lipinski definition) is 3. The van der Waals surface area contributed by atoms with Crippen molar-refractivity contribution in [3.05, 3.63) is 36.0 Å². The second kappa shape index (κ2) is 5.79. The molecule has 0 spiro atoms. The van der Waals surface area contributed by atoms with Gasteiger partial charge in [-0.3, -0.25) is 4.90 Å². The maximum Gasteiger partial charge on any atom is 0.0831 e. The summed E-state index contributed by atoms with van der Waals surface area (Å²) in [4.78, 5) is 5.82. The van der Waals surface area contributed by atoms with Crippen molar-refractivity contribution in [3.63, 3.8) is 0 Å². The van der Waals surface area contributed by atoms with Gasteiger partial charge < -0.3 is 15.5 Å². The Balaban J connectivity index is 1.67. The number of hydrogen-bond donors (Lipinski definition) is 2.